The largest absolute Gasteiger partial charge is 0.478 e. The normalized spacial score (nSPS) is 24.0. The summed E-state index contributed by atoms with van der Waals surface area (Å²) in [6, 6.07) is 2.72. The molecule has 2 rings (SSSR count). The predicted molar refractivity (Wildman–Crippen MR) is 72.1 cm³/mol. The van der Waals surface area contributed by atoms with Crippen LogP contribution >= 0.6 is 0 Å². The van der Waals surface area contributed by atoms with E-state index in [1.807, 2.05) is 0 Å². The van der Waals surface area contributed by atoms with E-state index in [-0.39, 0.29) is 30.9 Å². The van der Waals surface area contributed by atoms with Crippen LogP contribution in [0.15, 0.2) is 23.1 Å². The van der Waals surface area contributed by atoms with Gasteiger partial charge in [0.05, 0.1) is 17.8 Å². The molecule has 0 bridgehead atoms. The van der Waals surface area contributed by atoms with Crippen LogP contribution in [0, 0.1) is 5.82 Å². The van der Waals surface area contributed by atoms with Crippen LogP contribution in [0.3, 0.4) is 0 Å². The van der Waals surface area contributed by atoms with Crippen LogP contribution < -0.4 is 0 Å². The SMILES string of the molecule is C[C@@H]1CN(S(=O)(=O)c2cc(C(=O)O)ccc2F)C[C@@H](C)O1. The average molecular weight is 317 g/mol. The lowest BCUT2D eigenvalue weighted by molar-refractivity contribution is -0.0441. The van der Waals surface area contributed by atoms with Crippen molar-refractivity contribution in [3.05, 3.63) is 29.6 Å². The summed E-state index contributed by atoms with van der Waals surface area (Å²) in [5, 5.41) is 8.91. The highest BCUT2D eigenvalue weighted by atomic mass is 32.2. The van der Waals surface area contributed by atoms with E-state index in [0.29, 0.717) is 0 Å². The van der Waals surface area contributed by atoms with Crippen molar-refractivity contribution >= 4 is 16.0 Å². The molecule has 1 heterocycles. The van der Waals surface area contributed by atoms with E-state index >= 15 is 0 Å². The van der Waals surface area contributed by atoms with E-state index in [9.17, 15) is 17.6 Å². The van der Waals surface area contributed by atoms with Crippen molar-refractivity contribution in [2.45, 2.75) is 31.0 Å². The third-order valence-electron chi connectivity index (χ3n) is 3.18. The van der Waals surface area contributed by atoms with Crippen molar-refractivity contribution in [3.63, 3.8) is 0 Å². The van der Waals surface area contributed by atoms with Gasteiger partial charge in [-0.25, -0.2) is 17.6 Å². The molecule has 6 nitrogen and oxygen atoms in total. The molecule has 0 aromatic heterocycles. The molecule has 1 aliphatic rings. The molecule has 0 unspecified atom stereocenters. The first-order valence-corrected chi connectivity index (χ1v) is 7.84. The van der Waals surface area contributed by atoms with Gasteiger partial charge in [0.25, 0.3) is 0 Å². The molecule has 1 aliphatic heterocycles. The summed E-state index contributed by atoms with van der Waals surface area (Å²) >= 11 is 0. The number of nitrogens with zero attached hydrogens (tertiary/aromatic N) is 1. The standard InChI is InChI=1S/C13H16FNO5S/c1-8-6-15(7-9(2)20-8)21(18,19)12-5-10(13(16)17)3-4-11(12)14/h3-5,8-9H,6-7H2,1-2H3,(H,16,17)/t8-,9-/m1/s1. The number of halogens is 1. The van der Waals surface area contributed by atoms with Gasteiger partial charge in [0.15, 0.2) is 0 Å². The Morgan fingerprint density at radius 1 is 1.33 bits per heavy atom. The summed E-state index contributed by atoms with van der Waals surface area (Å²) in [5.41, 5.74) is -0.274. The third kappa shape index (κ3) is 3.22. The van der Waals surface area contributed by atoms with Crippen molar-refractivity contribution in [1.82, 2.24) is 4.31 Å². The number of carboxylic acids is 1. The zero-order valence-electron chi connectivity index (χ0n) is 11.6. The first-order valence-electron chi connectivity index (χ1n) is 6.40. The predicted octanol–water partition coefficient (Wildman–Crippen LogP) is 1.32. The van der Waals surface area contributed by atoms with Crippen LogP contribution in [-0.4, -0.2) is 49.1 Å². The number of carbonyl (C=O) groups is 1. The Bertz CT molecular complexity index is 651. The minimum atomic E-state index is -4.10. The van der Waals surface area contributed by atoms with Crippen LogP contribution in [0.4, 0.5) is 4.39 Å². The van der Waals surface area contributed by atoms with Gasteiger partial charge in [-0.2, -0.15) is 4.31 Å². The number of carboxylic acid groups (broad SMARTS) is 1. The van der Waals surface area contributed by atoms with Gasteiger partial charge in [-0.15, -0.1) is 0 Å². The van der Waals surface area contributed by atoms with Gasteiger partial charge < -0.3 is 9.84 Å². The number of hydrogen-bond donors (Lipinski definition) is 1. The van der Waals surface area contributed by atoms with E-state index < -0.39 is 26.7 Å². The summed E-state index contributed by atoms with van der Waals surface area (Å²) in [7, 11) is -4.10. The number of hydrogen-bond acceptors (Lipinski definition) is 4. The van der Waals surface area contributed by atoms with Crippen molar-refractivity contribution < 1.29 is 27.4 Å². The number of sulfonamides is 1. The molecular formula is C13H16FNO5S. The monoisotopic (exact) mass is 317 g/mol. The second-order valence-electron chi connectivity index (χ2n) is 5.03. The zero-order valence-corrected chi connectivity index (χ0v) is 12.4. The van der Waals surface area contributed by atoms with Gasteiger partial charge in [-0.1, -0.05) is 0 Å². The lowest BCUT2D eigenvalue weighted by Crippen LogP contribution is -2.48. The first kappa shape index (κ1) is 15.9. The van der Waals surface area contributed by atoms with Gasteiger partial charge in [-0.05, 0) is 32.0 Å². The quantitative estimate of drug-likeness (QED) is 0.909. The Hall–Kier alpha value is -1.51. The number of benzene rings is 1. The molecule has 0 amide bonds. The fraction of sp³-hybridized carbons (Fsp3) is 0.462. The van der Waals surface area contributed by atoms with E-state index in [0.717, 1.165) is 22.5 Å². The number of rotatable bonds is 3. The highest BCUT2D eigenvalue weighted by Gasteiger charge is 2.34. The Morgan fingerprint density at radius 2 is 1.90 bits per heavy atom. The number of ether oxygens (including phenoxy) is 1. The van der Waals surface area contributed by atoms with E-state index in [1.54, 1.807) is 13.8 Å². The van der Waals surface area contributed by atoms with Gasteiger partial charge in [0, 0.05) is 13.1 Å². The Labute approximate surface area is 122 Å². The fourth-order valence-corrected chi connectivity index (χ4v) is 3.98. The van der Waals surface area contributed by atoms with Crippen LogP contribution in [-0.2, 0) is 14.8 Å². The molecule has 0 radical (unpaired) electrons. The van der Waals surface area contributed by atoms with Gasteiger partial charge in [-0.3, -0.25) is 0 Å². The van der Waals surface area contributed by atoms with Crippen LogP contribution in [0.25, 0.3) is 0 Å². The summed E-state index contributed by atoms with van der Waals surface area (Å²) in [6.45, 7) is 3.65. The summed E-state index contributed by atoms with van der Waals surface area (Å²) in [5.74, 6) is -2.28. The molecule has 0 aliphatic carbocycles. The van der Waals surface area contributed by atoms with Crippen molar-refractivity contribution in [3.8, 4) is 0 Å². The summed E-state index contributed by atoms with van der Waals surface area (Å²) in [4.78, 5) is 10.3. The lowest BCUT2D eigenvalue weighted by Gasteiger charge is -2.34. The molecule has 1 aromatic rings. The molecule has 2 atom stereocenters. The van der Waals surface area contributed by atoms with Crippen LogP contribution in [0.2, 0.25) is 0 Å². The topological polar surface area (TPSA) is 83.9 Å². The minimum absolute atomic E-state index is 0.101. The molecule has 1 N–H and O–H groups in total. The van der Waals surface area contributed by atoms with Crippen molar-refractivity contribution in [2.75, 3.05) is 13.1 Å². The van der Waals surface area contributed by atoms with Crippen LogP contribution in [0.1, 0.15) is 24.2 Å². The molecule has 8 heteroatoms. The summed E-state index contributed by atoms with van der Waals surface area (Å²) < 4.78 is 45.4. The van der Waals surface area contributed by atoms with E-state index in [4.69, 9.17) is 9.84 Å². The van der Waals surface area contributed by atoms with Crippen molar-refractivity contribution in [2.24, 2.45) is 0 Å². The average Bonchev–Trinajstić information content (AvgIpc) is 2.37. The molecule has 1 saturated heterocycles. The second kappa shape index (κ2) is 5.70. The Balaban J connectivity index is 2.44. The maximum Gasteiger partial charge on any atom is 0.335 e. The first-order chi connectivity index (χ1) is 9.71. The third-order valence-corrected chi connectivity index (χ3v) is 5.03. The Kier molecular flexibility index (Phi) is 4.31. The van der Waals surface area contributed by atoms with Gasteiger partial charge in [0.2, 0.25) is 10.0 Å². The highest BCUT2D eigenvalue weighted by Crippen LogP contribution is 2.24. The molecule has 0 saturated carbocycles. The molecule has 0 spiro atoms. The molecule has 116 valence electrons. The molecule has 21 heavy (non-hydrogen) atoms. The molecule has 1 aromatic carbocycles. The molecule has 1 fully saturated rings. The molecular weight excluding hydrogens is 301 g/mol. The van der Waals surface area contributed by atoms with Crippen LogP contribution in [0.5, 0.6) is 0 Å². The van der Waals surface area contributed by atoms with Crippen molar-refractivity contribution in [1.29, 1.82) is 0 Å². The Morgan fingerprint density at radius 3 is 2.43 bits per heavy atom. The van der Waals surface area contributed by atoms with Gasteiger partial charge >= 0.3 is 5.97 Å². The second-order valence-corrected chi connectivity index (χ2v) is 6.94. The zero-order chi connectivity index (χ0) is 15.8. The fourth-order valence-electron chi connectivity index (χ4n) is 2.30. The van der Waals surface area contributed by atoms with Gasteiger partial charge in [0.1, 0.15) is 10.7 Å². The number of aromatic carboxylic acids is 1. The highest BCUT2D eigenvalue weighted by molar-refractivity contribution is 7.89. The van der Waals surface area contributed by atoms with E-state index in [1.165, 1.54) is 0 Å². The maximum atomic E-state index is 13.8. The lowest BCUT2D eigenvalue weighted by atomic mass is 10.2. The minimum Gasteiger partial charge on any atom is -0.478 e. The number of morpholine rings is 1. The smallest absolute Gasteiger partial charge is 0.335 e. The summed E-state index contributed by atoms with van der Waals surface area (Å²) in [6.07, 6.45) is -0.622. The van der Waals surface area contributed by atoms with E-state index in [2.05, 4.69) is 0 Å². The maximum absolute atomic E-state index is 13.8.